The molecule has 4 heteroatoms. The van der Waals surface area contributed by atoms with Gasteiger partial charge in [0.05, 0.1) is 18.1 Å². The van der Waals surface area contributed by atoms with Gasteiger partial charge in [0.15, 0.2) is 0 Å². The first-order chi connectivity index (χ1) is 13.8. The van der Waals surface area contributed by atoms with Gasteiger partial charge in [-0.05, 0) is 47.7 Å². The quantitative estimate of drug-likeness (QED) is 0.709. The van der Waals surface area contributed by atoms with Gasteiger partial charge in [-0.25, -0.2) is 0 Å². The van der Waals surface area contributed by atoms with Gasteiger partial charge in [0.1, 0.15) is 0 Å². The molecule has 2 aliphatic heterocycles. The number of carbonyl (C=O) groups is 1. The zero-order valence-corrected chi connectivity index (χ0v) is 15.5. The number of anilines is 1. The van der Waals surface area contributed by atoms with Crippen molar-refractivity contribution in [3.63, 3.8) is 0 Å². The number of ether oxygens (including phenoxy) is 1. The number of benzene rings is 2. The summed E-state index contributed by atoms with van der Waals surface area (Å²) in [6, 6.07) is 22.2. The van der Waals surface area contributed by atoms with Gasteiger partial charge >= 0.3 is 0 Å². The van der Waals surface area contributed by atoms with Crippen LogP contribution in [0.5, 0.6) is 0 Å². The van der Waals surface area contributed by atoms with Crippen molar-refractivity contribution in [3.05, 3.63) is 84.7 Å². The molecule has 0 radical (unpaired) electrons. The molecule has 2 saturated heterocycles. The number of rotatable bonds is 4. The number of aromatic nitrogens is 1. The van der Waals surface area contributed by atoms with Crippen molar-refractivity contribution >= 4 is 11.6 Å². The molecule has 0 aliphatic carbocycles. The molecule has 1 amide bonds. The van der Waals surface area contributed by atoms with Crippen molar-refractivity contribution in [1.82, 2.24) is 4.98 Å². The summed E-state index contributed by atoms with van der Waals surface area (Å²) in [6.45, 7) is 0. The molecule has 4 nitrogen and oxygen atoms in total. The van der Waals surface area contributed by atoms with Gasteiger partial charge in [-0.1, -0.05) is 48.5 Å². The van der Waals surface area contributed by atoms with Crippen LogP contribution in [0.4, 0.5) is 5.69 Å². The third kappa shape index (κ3) is 3.10. The summed E-state index contributed by atoms with van der Waals surface area (Å²) in [7, 11) is 0. The fourth-order valence-corrected chi connectivity index (χ4v) is 4.61. The summed E-state index contributed by atoms with van der Waals surface area (Å²) in [5, 5.41) is 3.11. The summed E-state index contributed by atoms with van der Waals surface area (Å²) < 4.78 is 6.10. The van der Waals surface area contributed by atoms with E-state index in [2.05, 4.69) is 28.5 Å². The molecule has 142 valence electrons. The van der Waals surface area contributed by atoms with Crippen LogP contribution < -0.4 is 5.32 Å². The molecule has 28 heavy (non-hydrogen) atoms. The van der Waals surface area contributed by atoms with E-state index in [1.54, 1.807) is 6.20 Å². The summed E-state index contributed by atoms with van der Waals surface area (Å²) in [5.41, 5.74) is 4.21. The summed E-state index contributed by atoms with van der Waals surface area (Å²) in [6.07, 6.45) is 5.71. The Morgan fingerprint density at radius 3 is 2.43 bits per heavy atom. The van der Waals surface area contributed by atoms with Crippen LogP contribution in [0, 0.1) is 5.92 Å². The van der Waals surface area contributed by atoms with Crippen LogP contribution in [0.15, 0.2) is 79.1 Å². The second-order valence-corrected chi connectivity index (χ2v) is 7.56. The molecule has 2 fully saturated rings. The molecule has 5 rings (SSSR count). The van der Waals surface area contributed by atoms with E-state index in [-0.39, 0.29) is 31.4 Å². The molecule has 0 unspecified atom stereocenters. The van der Waals surface area contributed by atoms with E-state index in [0.29, 0.717) is 0 Å². The molecule has 4 atom stereocenters. The molecule has 3 heterocycles. The van der Waals surface area contributed by atoms with Crippen molar-refractivity contribution < 1.29 is 11.0 Å². The normalized spacial score (nSPS) is 25.6. The number of amides is 1. The molecule has 3 aromatic rings. The lowest BCUT2D eigenvalue weighted by molar-refractivity contribution is -0.121. The minimum Gasteiger partial charge on any atom is -0.373 e. The molecule has 2 aromatic carbocycles. The molecule has 2 aliphatic rings. The second-order valence-electron chi connectivity index (χ2n) is 7.56. The lowest BCUT2D eigenvalue weighted by Crippen LogP contribution is -2.36. The highest BCUT2D eigenvalue weighted by Gasteiger charge is 2.52. The Morgan fingerprint density at radius 2 is 1.68 bits per heavy atom. The molecule has 0 saturated carbocycles. The minimum atomic E-state index is -0.170. The molecular formula is C24H24N2O2. The van der Waals surface area contributed by atoms with Gasteiger partial charge in [-0.2, -0.15) is 0 Å². The van der Waals surface area contributed by atoms with E-state index in [1.165, 1.54) is 5.56 Å². The molecule has 1 aromatic heterocycles. The van der Waals surface area contributed by atoms with Gasteiger partial charge in [-0.3, -0.25) is 9.78 Å². The van der Waals surface area contributed by atoms with E-state index < -0.39 is 0 Å². The van der Waals surface area contributed by atoms with Gasteiger partial charge in [0.25, 0.3) is 0 Å². The Morgan fingerprint density at radius 1 is 0.929 bits per heavy atom. The van der Waals surface area contributed by atoms with Gasteiger partial charge in [0.2, 0.25) is 5.91 Å². The average molecular weight is 372 g/mol. The Bertz CT molecular complexity index is 963. The SMILES string of the molecule is O=C(Nc1ccc(-c2ccccc2)cc1)[C@@H]1[C@@H](c2cccnc2)[C@@H]2CC[C@H]1O2.[HH]. The third-order valence-corrected chi connectivity index (χ3v) is 5.90. The number of carbonyl (C=O) groups excluding carboxylic acids is 1. The number of nitrogens with one attached hydrogen (secondary N) is 1. The largest absolute Gasteiger partial charge is 0.373 e. The Balaban J connectivity index is 0.00000205. The molecule has 1 N–H and O–H groups in total. The maximum Gasteiger partial charge on any atom is 0.230 e. The van der Waals surface area contributed by atoms with Crippen molar-refractivity contribution in [2.45, 2.75) is 31.0 Å². The van der Waals surface area contributed by atoms with E-state index in [4.69, 9.17) is 4.74 Å². The first-order valence-corrected chi connectivity index (χ1v) is 9.81. The molecule has 2 bridgehead atoms. The standard InChI is InChI=1S/C24H22N2O2.H2/c27-24(26-19-10-8-17(9-11-19)16-5-2-1-3-6-16)23-21-13-12-20(28-21)22(23)18-7-4-14-25-15-18;/h1-11,14-15,20-23H,12-13H2,(H,26,27);1H/t20-,21+,22-,23-;/m0./s1. The van der Waals surface area contributed by atoms with E-state index in [9.17, 15) is 4.79 Å². The van der Waals surface area contributed by atoms with Crippen molar-refractivity contribution in [2.24, 2.45) is 5.92 Å². The van der Waals surface area contributed by atoms with Crippen LogP contribution in [0.2, 0.25) is 0 Å². The number of pyridine rings is 1. The van der Waals surface area contributed by atoms with Crippen LogP contribution in [-0.2, 0) is 9.53 Å². The van der Waals surface area contributed by atoms with E-state index >= 15 is 0 Å². The van der Waals surface area contributed by atoms with Gasteiger partial charge < -0.3 is 10.1 Å². The first kappa shape index (κ1) is 17.1. The maximum absolute atomic E-state index is 13.1. The number of hydrogen-bond acceptors (Lipinski definition) is 3. The van der Waals surface area contributed by atoms with Crippen molar-refractivity contribution in [1.29, 1.82) is 0 Å². The highest BCUT2D eigenvalue weighted by atomic mass is 16.5. The lowest BCUT2D eigenvalue weighted by atomic mass is 9.75. The predicted octanol–water partition coefficient (Wildman–Crippen LogP) is 4.89. The number of nitrogens with zero attached hydrogens (tertiary/aromatic N) is 1. The number of hydrogen-bond donors (Lipinski definition) is 1. The highest BCUT2D eigenvalue weighted by molar-refractivity contribution is 5.94. The van der Waals surface area contributed by atoms with Crippen molar-refractivity contribution in [3.8, 4) is 11.1 Å². The van der Waals surface area contributed by atoms with Crippen LogP contribution in [-0.4, -0.2) is 23.1 Å². The Hall–Kier alpha value is -2.98. The average Bonchev–Trinajstić information content (AvgIpc) is 3.37. The monoisotopic (exact) mass is 372 g/mol. The zero-order valence-electron chi connectivity index (χ0n) is 15.5. The highest BCUT2D eigenvalue weighted by Crippen LogP contribution is 2.49. The fourth-order valence-electron chi connectivity index (χ4n) is 4.61. The molecular weight excluding hydrogens is 348 g/mol. The summed E-state index contributed by atoms with van der Waals surface area (Å²) in [5.74, 6) is -0.0543. The summed E-state index contributed by atoms with van der Waals surface area (Å²) >= 11 is 0. The maximum atomic E-state index is 13.1. The Labute approximate surface area is 166 Å². The van der Waals surface area contributed by atoms with Gasteiger partial charge in [0, 0.05) is 25.4 Å². The zero-order chi connectivity index (χ0) is 18.9. The van der Waals surface area contributed by atoms with Crippen LogP contribution >= 0.6 is 0 Å². The Kier molecular flexibility index (Phi) is 4.41. The van der Waals surface area contributed by atoms with Crippen LogP contribution in [0.25, 0.3) is 11.1 Å². The first-order valence-electron chi connectivity index (χ1n) is 9.81. The summed E-state index contributed by atoms with van der Waals surface area (Å²) in [4.78, 5) is 17.4. The third-order valence-electron chi connectivity index (χ3n) is 5.90. The van der Waals surface area contributed by atoms with Crippen LogP contribution in [0.3, 0.4) is 0 Å². The van der Waals surface area contributed by atoms with E-state index in [0.717, 1.165) is 29.7 Å². The van der Waals surface area contributed by atoms with Crippen LogP contribution in [0.1, 0.15) is 25.7 Å². The smallest absolute Gasteiger partial charge is 0.230 e. The van der Waals surface area contributed by atoms with E-state index in [1.807, 2.05) is 54.7 Å². The number of fused-ring (bicyclic) bond motifs is 2. The van der Waals surface area contributed by atoms with Gasteiger partial charge in [-0.15, -0.1) is 0 Å². The van der Waals surface area contributed by atoms with Crippen molar-refractivity contribution in [2.75, 3.05) is 5.32 Å². The topological polar surface area (TPSA) is 51.2 Å². The second kappa shape index (κ2) is 7.21. The minimum absolute atomic E-state index is 0. The lowest BCUT2D eigenvalue weighted by Gasteiger charge is -2.27. The predicted molar refractivity (Wildman–Crippen MR) is 111 cm³/mol. The molecule has 0 spiro atoms. The fraction of sp³-hybridized carbons (Fsp3) is 0.250.